The van der Waals surface area contributed by atoms with E-state index < -0.39 is 45.9 Å². The predicted molar refractivity (Wildman–Crippen MR) is 258 cm³/mol. The molecule has 2 aliphatic rings. The first kappa shape index (κ1) is 50.9. The lowest BCUT2D eigenvalue weighted by molar-refractivity contribution is -0.383. The van der Waals surface area contributed by atoms with E-state index in [9.17, 15) is 29.3 Å². The number of hydrogen-bond donors (Lipinski definition) is 3. The molecule has 5 aromatic rings. The van der Waals surface area contributed by atoms with E-state index in [1.165, 1.54) is 11.0 Å². The molecule has 8 bridgehead atoms. The Hall–Kier alpha value is -8.10. The van der Waals surface area contributed by atoms with Crippen molar-refractivity contribution in [2.75, 3.05) is 59.1 Å². The van der Waals surface area contributed by atoms with E-state index in [1.807, 2.05) is 51.1 Å². The van der Waals surface area contributed by atoms with Gasteiger partial charge in [-0.25, -0.2) is 19.2 Å². The van der Waals surface area contributed by atoms with Gasteiger partial charge in [-0.3, -0.25) is 29.4 Å². The van der Waals surface area contributed by atoms with Gasteiger partial charge in [0, 0.05) is 36.6 Å². The average molecular weight is 939 g/mol. The minimum atomic E-state index is -0.821. The number of carbonyl (C=O) groups is 3. The second kappa shape index (κ2) is 21.5. The minimum absolute atomic E-state index is 0. The maximum atomic E-state index is 13.0. The number of nitrogens with zero attached hydrogens (tertiary/aromatic N) is 7. The molecule has 362 valence electrons. The van der Waals surface area contributed by atoms with Gasteiger partial charge in [0.05, 0.1) is 30.1 Å². The van der Waals surface area contributed by atoms with Gasteiger partial charge in [0.2, 0.25) is 17.6 Å². The Kier molecular flexibility index (Phi) is 16.1. The maximum Gasteiger partial charge on any atom is 0.415 e. The molecule has 0 aliphatic carbocycles. The number of nitro groups is 1. The average Bonchev–Trinajstić information content (AvgIpc) is 3.55. The fourth-order valence-electron chi connectivity index (χ4n) is 6.80. The van der Waals surface area contributed by atoms with Crippen molar-refractivity contribution in [2.45, 2.75) is 80.2 Å². The quantitative estimate of drug-likeness (QED) is 0.0653. The lowest BCUT2D eigenvalue weighted by Crippen LogP contribution is -2.37. The number of rotatable bonds is 2. The molecule has 2 aromatic carbocycles. The Bertz CT molecular complexity index is 2770. The number of carbonyl (C=O) groups excluding carboxylic acids is 3. The summed E-state index contributed by atoms with van der Waals surface area (Å²) in [5.41, 5.74) is 13.2. The first-order valence-electron chi connectivity index (χ1n) is 21.2. The van der Waals surface area contributed by atoms with E-state index >= 15 is 0 Å². The highest BCUT2D eigenvalue weighted by Gasteiger charge is 2.32. The third-order valence-corrected chi connectivity index (χ3v) is 9.63. The summed E-state index contributed by atoms with van der Waals surface area (Å²) in [6.07, 6.45) is 5.17. The van der Waals surface area contributed by atoms with E-state index in [0.717, 1.165) is 10.5 Å². The smallest absolute Gasteiger partial charge is 0.415 e. The number of fused-ring (bicyclic) bond motifs is 7. The molecule has 5 heterocycles. The number of H-pyrrole nitrogens is 1. The molecule has 0 radical (unpaired) electrons. The van der Waals surface area contributed by atoms with Gasteiger partial charge in [-0.1, -0.05) is 43.8 Å². The topological polar surface area (TPSA) is 266 Å². The Labute approximate surface area is 393 Å². The molecule has 5 N–H and O–H groups in total. The summed E-state index contributed by atoms with van der Waals surface area (Å²) in [6.45, 7) is 13.4. The largest absolute Gasteiger partial charge is 0.473 e. The highest BCUT2D eigenvalue weighted by atomic mass is 16.6. The monoisotopic (exact) mass is 938 g/mol. The van der Waals surface area contributed by atoms with Gasteiger partial charge in [0.25, 0.3) is 0 Å². The number of aromatic amines is 1. The molecule has 3 amide bonds. The molecule has 0 saturated carbocycles. The molecule has 0 fully saturated rings. The summed E-state index contributed by atoms with van der Waals surface area (Å²) in [4.78, 5) is 77.5. The van der Waals surface area contributed by atoms with Crippen molar-refractivity contribution < 1.29 is 43.0 Å². The maximum absolute atomic E-state index is 13.0. The van der Waals surface area contributed by atoms with Crippen molar-refractivity contribution in [1.29, 1.82) is 0 Å². The van der Waals surface area contributed by atoms with Gasteiger partial charge < -0.3 is 40.1 Å². The Morgan fingerprint density at radius 3 is 1.78 bits per heavy atom. The van der Waals surface area contributed by atoms with E-state index in [4.69, 9.17) is 35.2 Å². The van der Waals surface area contributed by atoms with Crippen molar-refractivity contribution in [3.05, 3.63) is 117 Å². The van der Waals surface area contributed by atoms with Crippen LogP contribution < -0.4 is 41.3 Å². The zero-order valence-electron chi connectivity index (χ0n) is 38.3. The van der Waals surface area contributed by atoms with Crippen molar-refractivity contribution >= 4 is 63.7 Å². The Morgan fingerprint density at radius 1 is 0.750 bits per heavy atom. The van der Waals surface area contributed by atoms with Gasteiger partial charge in [-0.05, 0) is 96.0 Å². The number of anilines is 5. The van der Waals surface area contributed by atoms with Crippen LogP contribution in [0, 0.1) is 10.1 Å². The number of benzene rings is 2. The van der Waals surface area contributed by atoms with E-state index in [0.29, 0.717) is 40.4 Å². The van der Waals surface area contributed by atoms with E-state index in [-0.39, 0.29) is 70.0 Å². The molecule has 0 atom stereocenters. The lowest BCUT2D eigenvalue weighted by Gasteiger charge is -2.28. The molecule has 68 heavy (non-hydrogen) atoms. The first-order chi connectivity index (χ1) is 31.7. The molecule has 3 aromatic heterocycles. The number of pyridine rings is 2. The fourth-order valence-corrected chi connectivity index (χ4v) is 6.80. The third kappa shape index (κ3) is 12.8. The molecule has 2 aliphatic heterocycles. The third-order valence-electron chi connectivity index (χ3n) is 9.63. The van der Waals surface area contributed by atoms with Gasteiger partial charge >= 0.3 is 29.7 Å². The molecule has 0 saturated heterocycles. The lowest BCUT2D eigenvalue weighted by atomic mass is 10.1. The molecule has 7 rings (SSSR count). The predicted octanol–water partition coefficient (Wildman–Crippen LogP) is 8.11. The van der Waals surface area contributed by atoms with Crippen molar-refractivity contribution in [3.8, 4) is 11.8 Å². The molecule has 21 nitrogen and oxygen atoms in total. The van der Waals surface area contributed by atoms with Gasteiger partial charge in [-0.2, -0.15) is 9.97 Å². The van der Waals surface area contributed by atoms with Crippen LogP contribution in [-0.4, -0.2) is 86.8 Å². The van der Waals surface area contributed by atoms with Crippen molar-refractivity contribution in [2.24, 2.45) is 0 Å². The van der Waals surface area contributed by atoms with E-state index in [1.54, 1.807) is 85.7 Å². The zero-order chi connectivity index (χ0) is 48.6. The number of nitrogens with two attached hydrogens (primary N) is 2. The van der Waals surface area contributed by atoms with Gasteiger partial charge in [0.1, 0.15) is 35.6 Å². The summed E-state index contributed by atoms with van der Waals surface area (Å²) in [6, 6.07) is 17.3. The zero-order valence-corrected chi connectivity index (χ0v) is 38.3. The highest BCUT2D eigenvalue weighted by molar-refractivity contribution is 5.93. The van der Waals surface area contributed by atoms with Crippen LogP contribution in [0.5, 0.6) is 11.8 Å². The minimum Gasteiger partial charge on any atom is -0.473 e. The Balaban J connectivity index is 0.000000253. The fraction of sp³-hybridized carbons (Fsp3) is 0.362. The second-order valence-electron chi connectivity index (χ2n) is 17.1. The SMILES string of the molecule is C.CC(C)(C)OC(=O)N1C/C=C/COc2cc3c([nH]c(=O)n3Cc3cccc1c3)c(N)n2.CCOC(=O)N1Cc2cccc(c2)N(C(=O)OC(C)(C)C)C/C=C/COc2cc1c([N+](=O)[O-])c(N)n2. The van der Waals surface area contributed by atoms with Crippen LogP contribution in [-0.2, 0) is 27.3 Å². The molecular weight excluding hydrogens is 881 g/mol. The van der Waals surface area contributed by atoms with Crippen LogP contribution >= 0.6 is 0 Å². The van der Waals surface area contributed by atoms with Crippen LogP contribution in [0.3, 0.4) is 0 Å². The van der Waals surface area contributed by atoms with Crippen LogP contribution in [0.1, 0.15) is 67.0 Å². The molecular formula is C47H58N10O11. The normalized spacial score (nSPS) is 14.8. The molecule has 21 heteroatoms. The van der Waals surface area contributed by atoms with Crippen LogP contribution in [0.4, 0.5) is 48.8 Å². The summed E-state index contributed by atoms with van der Waals surface area (Å²) in [5.74, 6) is 0.103. The van der Waals surface area contributed by atoms with Gasteiger partial charge in [-0.15, -0.1) is 0 Å². The molecule has 0 unspecified atom stereocenters. The standard InChI is InChI=1S/C24H29N5O7.C22H25N5O4.CH4/c1-5-34-22(30)28-15-16-9-8-10-17(13-16)27(23(31)36-24(2,3)4)11-6-7-12-35-19-14-18(28)20(29(32)33)21(25)26-19;1-22(2,3)31-21(29)26-9-4-5-10-30-17-12-16-18(19(23)24-17)25-20(28)27(16)13-14-7-6-8-15(26)11-14;/h6-10,13-14H,5,11-12,15H2,1-4H3,(H2,25,26);4-8,11-12H,9-10,13H2,1-3H3,(H2,23,24)(H,25,28);1H4/b7-6+;5-4+;. The number of nitrogen functional groups attached to an aromatic ring is 2. The summed E-state index contributed by atoms with van der Waals surface area (Å²) >= 11 is 0. The van der Waals surface area contributed by atoms with Gasteiger partial charge in [0.15, 0.2) is 5.82 Å². The number of aromatic nitrogens is 4. The van der Waals surface area contributed by atoms with Crippen LogP contribution in [0.2, 0.25) is 0 Å². The summed E-state index contributed by atoms with van der Waals surface area (Å²) < 4.78 is 29.2. The summed E-state index contributed by atoms with van der Waals surface area (Å²) in [5, 5.41) is 11.8. The Morgan fingerprint density at radius 2 is 1.26 bits per heavy atom. The number of imidazole rings is 1. The summed E-state index contributed by atoms with van der Waals surface area (Å²) in [7, 11) is 0. The first-order valence-corrected chi connectivity index (χ1v) is 21.2. The number of ether oxygens (including phenoxy) is 5. The second-order valence-corrected chi connectivity index (χ2v) is 17.1. The van der Waals surface area contributed by atoms with Crippen LogP contribution in [0.25, 0.3) is 11.0 Å². The van der Waals surface area contributed by atoms with Crippen LogP contribution in [0.15, 0.2) is 89.8 Å². The number of amides is 3. The number of nitrogens with one attached hydrogen (secondary N) is 1. The number of hydrogen-bond acceptors (Lipinski definition) is 15. The molecule has 0 spiro atoms. The van der Waals surface area contributed by atoms with Crippen molar-refractivity contribution in [1.82, 2.24) is 19.5 Å². The van der Waals surface area contributed by atoms with Crippen molar-refractivity contribution in [3.63, 3.8) is 0 Å². The highest BCUT2D eigenvalue weighted by Crippen LogP contribution is 2.37. The van der Waals surface area contributed by atoms with E-state index in [2.05, 4.69) is 15.0 Å².